The quantitative estimate of drug-likeness (QED) is 0.906. The molecule has 120 valence electrons. The summed E-state index contributed by atoms with van der Waals surface area (Å²) in [7, 11) is 0. The van der Waals surface area contributed by atoms with E-state index in [1.807, 2.05) is 0 Å². The second-order valence-corrected chi connectivity index (χ2v) is 5.29. The van der Waals surface area contributed by atoms with Crippen LogP contribution in [0.4, 0.5) is 14.9 Å². The first-order valence-electron chi connectivity index (χ1n) is 7.24. The number of carbonyl (C=O) groups excluding carboxylic acids is 2. The Balaban J connectivity index is 1.53. The summed E-state index contributed by atoms with van der Waals surface area (Å²) in [5.74, 6) is 0.191. The Morgan fingerprint density at radius 2 is 2.09 bits per heavy atom. The highest BCUT2D eigenvalue weighted by molar-refractivity contribution is 5.96. The monoisotopic (exact) mass is 317 g/mol. The lowest BCUT2D eigenvalue weighted by atomic mass is 10.2. The first-order valence-corrected chi connectivity index (χ1v) is 7.24. The van der Waals surface area contributed by atoms with E-state index < -0.39 is 0 Å². The van der Waals surface area contributed by atoms with E-state index in [1.165, 1.54) is 23.3 Å². The Morgan fingerprint density at radius 1 is 1.30 bits per heavy atom. The normalized spacial score (nSPS) is 17.3. The standard InChI is InChI=1S/C16H16FN3O3/c17-11-3-5-13(6-4-11)20-10-12(8-15(20)21)19-16(22)18-9-14-2-1-7-23-14/h1-7,12H,8-10H2,(H2,18,19,22)/t12-/m1/s1. The molecule has 1 aromatic carbocycles. The Hall–Kier alpha value is -2.83. The summed E-state index contributed by atoms with van der Waals surface area (Å²) in [6.07, 6.45) is 1.75. The summed E-state index contributed by atoms with van der Waals surface area (Å²) < 4.78 is 18.1. The Bertz CT molecular complexity index is 685. The average molecular weight is 317 g/mol. The highest BCUT2D eigenvalue weighted by atomic mass is 19.1. The van der Waals surface area contributed by atoms with E-state index in [-0.39, 0.29) is 36.8 Å². The summed E-state index contributed by atoms with van der Waals surface area (Å²) in [6.45, 7) is 0.639. The lowest BCUT2D eigenvalue weighted by Crippen LogP contribution is -2.43. The van der Waals surface area contributed by atoms with Gasteiger partial charge in [0, 0.05) is 18.7 Å². The van der Waals surface area contributed by atoms with Crippen LogP contribution in [0, 0.1) is 5.82 Å². The predicted molar refractivity (Wildman–Crippen MR) is 81.2 cm³/mol. The smallest absolute Gasteiger partial charge is 0.315 e. The Kier molecular flexibility index (Phi) is 4.27. The van der Waals surface area contributed by atoms with Gasteiger partial charge < -0.3 is 20.0 Å². The predicted octanol–water partition coefficient (Wildman–Crippen LogP) is 2.02. The van der Waals surface area contributed by atoms with E-state index in [0.717, 1.165) is 0 Å². The lowest BCUT2D eigenvalue weighted by Gasteiger charge is -2.17. The van der Waals surface area contributed by atoms with Crippen LogP contribution < -0.4 is 15.5 Å². The SMILES string of the molecule is O=C(NCc1ccco1)N[C@@H]1CC(=O)N(c2ccc(F)cc2)C1. The number of anilines is 1. The largest absolute Gasteiger partial charge is 0.467 e. The third-order valence-corrected chi connectivity index (χ3v) is 3.60. The van der Waals surface area contributed by atoms with Crippen LogP contribution in [0.15, 0.2) is 47.1 Å². The average Bonchev–Trinajstić information content (AvgIpc) is 3.16. The minimum atomic E-state index is -0.361. The zero-order valence-corrected chi connectivity index (χ0v) is 12.3. The molecule has 1 atom stereocenters. The summed E-state index contributed by atoms with van der Waals surface area (Å²) >= 11 is 0. The molecule has 0 unspecified atom stereocenters. The van der Waals surface area contributed by atoms with Crippen molar-refractivity contribution in [3.05, 3.63) is 54.2 Å². The van der Waals surface area contributed by atoms with Crippen molar-refractivity contribution in [1.29, 1.82) is 0 Å². The van der Waals surface area contributed by atoms with E-state index >= 15 is 0 Å². The molecule has 1 saturated heterocycles. The van der Waals surface area contributed by atoms with Gasteiger partial charge in [-0.05, 0) is 36.4 Å². The van der Waals surface area contributed by atoms with E-state index in [2.05, 4.69) is 10.6 Å². The van der Waals surface area contributed by atoms with Gasteiger partial charge in [-0.25, -0.2) is 9.18 Å². The minimum absolute atomic E-state index is 0.104. The molecular formula is C16H16FN3O3. The number of hydrogen-bond acceptors (Lipinski definition) is 3. The zero-order valence-electron chi connectivity index (χ0n) is 12.3. The fraction of sp³-hybridized carbons (Fsp3) is 0.250. The van der Waals surface area contributed by atoms with E-state index in [9.17, 15) is 14.0 Å². The van der Waals surface area contributed by atoms with Crippen LogP contribution in [0.1, 0.15) is 12.2 Å². The molecular weight excluding hydrogens is 301 g/mol. The second-order valence-electron chi connectivity index (χ2n) is 5.29. The third-order valence-electron chi connectivity index (χ3n) is 3.60. The Labute approximate surface area is 132 Å². The number of hydrogen-bond donors (Lipinski definition) is 2. The summed E-state index contributed by atoms with van der Waals surface area (Å²) in [5, 5.41) is 5.42. The molecule has 2 aromatic rings. The number of benzene rings is 1. The molecule has 2 N–H and O–H groups in total. The highest BCUT2D eigenvalue weighted by Crippen LogP contribution is 2.21. The number of carbonyl (C=O) groups is 2. The highest BCUT2D eigenvalue weighted by Gasteiger charge is 2.31. The van der Waals surface area contributed by atoms with Crippen molar-refractivity contribution in [1.82, 2.24) is 10.6 Å². The molecule has 0 radical (unpaired) electrons. The molecule has 0 spiro atoms. The van der Waals surface area contributed by atoms with Crippen LogP contribution in [0.5, 0.6) is 0 Å². The van der Waals surface area contributed by atoms with Gasteiger partial charge in [0.1, 0.15) is 11.6 Å². The van der Waals surface area contributed by atoms with Crippen molar-refractivity contribution in [3.8, 4) is 0 Å². The van der Waals surface area contributed by atoms with Crippen molar-refractivity contribution < 1.29 is 18.4 Å². The molecule has 3 rings (SSSR count). The van der Waals surface area contributed by atoms with Gasteiger partial charge in [0.05, 0.1) is 18.8 Å². The third kappa shape index (κ3) is 3.68. The summed E-state index contributed by atoms with van der Waals surface area (Å²) in [4.78, 5) is 25.4. The molecule has 0 aliphatic carbocycles. The molecule has 6 nitrogen and oxygen atoms in total. The van der Waals surface area contributed by atoms with E-state index in [4.69, 9.17) is 4.42 Å². The van der Waals surface area contributed by atoms with E-state index in [0.29, 0.717) is 18.0 Å². The zero-order chi connectivity index (χ0) is 16.2. The van der Waals surface area contributed by atoms with Crippen molar-refractivity contribution in [2.24, 2.45) is 0 Å². The van der Waals surface area contributed by atoms with Crippen LogP contribution in [0.3, 0.4) is 0 Å². The fourth-order valence-corrected chi connectivity index (χ4v) is 2.49. The van der Waals surface area contributed by atoms with Crippen molar-refractivity contribution in [2.75, 3.05) is 11.4 Å². The first-order chi connectivity index (χ1) is 11.1. The van der Waals surface area contributed by atoms with Crippen LogP contribution in [-0.4, -0.2) is 24.5 Å². The van der Waals surface area contributed by atoms with Gasteiger partial charge in [0.25, 0.3) is 0 Å². The van der Waals surface area contributed by atoms with Crippen molar-refractivity contribution in [3.63, 3.8) is 0 Å². The molecule has 2 heterocycles. The number of rotatable bonds is 4. The molecule has 23 heavy (non-hydrogen) atoms. The number of halogens is 1. The maximum Gasteiger partial charge on any atom is 0.315 e. The summed E-state index contributed by atoms with van der Waals surface area (Å²) in [5.41, 5.74) is 0.622. The van der Waals surface area contributed by atoms with Crippen LogP contribution in [0.2, 0.25) is 0 Å². The van der Waals surface area contributed by atoms with Gasteiger partial charge >= 0.3 is 6.03 Å². The molecule has 0 saturated carbocycles. The fourth-order valence-electron chi connectivity index (χ4n) is 2.49. The number of urea groups is 1. The first kappa shape index (κ1) is 15.1. The van der Waals surface area contributed by atoms with Crippen LogP contribution in [0.25, 0.3) is 0 Å². The molecule has 1 aliphatic rings. The van der Waals surface area contributed by atoms with Gasteiger partial charge in [-0.2, -0.15) is 0 Å². The molecule has 1 aromatic heterocycles. The molecule has 0 bridgehead atoms. The van der Waals surface area contributed by atoms with Crippen LogP contribution >= 0.6 is 0 Å². The van der Waals surface area contributed by atoms with Gasteiger partial charge in [-0.1, -0.05) is 0 Å². The van der Waals surface area contributed by atoms with Crippen LogP contribution in [-0.2, 0) is 11.3 Å². The molecule has 1 fully saturated rings. The number of furan rings is 1. The van der Waals surface area contributed by atoms with Gasteiger partial charge in [-0.3, -0.25) is 4.79 Å². The maximum absolute atomic E-state index is 12.9. The lowest BCUT2D eigenvalue weighted by molar-refractivity contribution is -0.117. The molecule has 3 amide bonds. The summed E-state index contributed by atoms with van der Waals surface area (Å²) in [6, 6.07) is 8.56. The number of nitrogens with one attached hydrogen (secondary N) is 2. The van der Waals surface area contributed by atoms with Gasteiger partial charge in [0.15, 0.2) is 0 Å². The van der Waals surface area contributed by atoms with Gasteiger partial charge in [-0.15, -0.1) is 0 Å². The van der Waals surface area contributed by atoms with Crippen molar-refractivity contribution in [2.45, 2.75) is 19.0 Å². The minimum Gasteiger partial charge on any atom is -0.467 e. The Morgan fingerprint density at radius 3 is 2.78 bits per heavy atom. The van der Waals surface area contributed by atoms with Gasteiger partial charge in [0.2, 0.25) is 5.91 Å². The maximum atomic E-state index is 12.9. The number of amides is 3. The van der Waals surface area contributed by atoms with Crippen molar-refractivity contribution >= 4 is 17.6 Å². The van der Waals surface area contributed by atoms with E-state index in [1.54, 1.807) is 24.3 Å². The second kappa shape index (κ2) is 6.51. The topological polar surface area (TPSA) is 74.6 Å². The molecule has 7 heteroatoms. The number of nitrogens with zero attached hydrogens (tertiary/aromatic N) is 1. The molecule has 1 aliphatic heterocycles.